The third kappa shape index (κ3) is 2.20. The van der Waals surface area contributed by atoms with Crippen molar-refractivity contribution < 1.29 is 4.79 Å². The first kappa shape index (κ1) is 13.2. The number of halogens is 1. The molecule has 102 valence electrons. The van der Waals surface area contributed by atoms with Gasteiger partial charge >= 0.3 is 0 Å². The lowest BCUT2D eigenvalue weighted by atomic mass is 9.83. The van der Waals surface area contributed by atoms with E-state index in [1.165, 1.54) is 11.1 Å². The number of aryl methyl sites for hydroxylation is 1. The zero-order valence-corrected chi connectivity index (χ0v) is 12.3. The Morgan fingerprint density at radius 2 is 1.80 bits per heavy atom. The number of carbonyl (C=O) groups is 1. The van der Waals surface area contributed by atoms with Gasteiger partial charge in [0, 0.05) is 23.0 Å². The molecule has 0 saturated heterocycles. The zero-order valence-electron chi connectivity index (χ0n) is 11.5. The van der Waals surface area contributed by atoms with Gasteiger partial charge in [0.05, 0.1) is 0 Å². The van der Waals surface area contributed by atoms with Crippen LogP contribution in [0.4, 0.5) is 5.69 Å². The number of benzene rings is 2. The summed E-state index contributed by atoms with van der Waals surface area (Å²) in [5.41, 5.74) is 5.64. The molecule has 0 spiro atoms. The Bertz CT molecular complexity index is 676. The van der Waals surface area contributed by atoms with Gasteiger partial charge < -0.3 is 5.32 Å². The average Bonchev–Trinajstić information content (AvgIpc) is 2.43. The molecule has 3 heteroatoms. The monoisotopic (exact) mass is 285 g/mol. The highest BCUT2D eigenvalue weighted by Gasteiger charge is 2.27. The molecular weight excluding hydrogens is 270 g/mol. The molecule has 3 rings (SSSR count). The van der Waals surface area contributed by atoms with E-state index in [1.54, 1.807) is 0 Å². The first-order chi connectivity index (χ1) is 9.56. The lowest BCUT2D eigenvalue weighted by Crippen LogP contribution is -2.24. The highest BCUT2D eigenvalue weighted by atomic mass is 35.5. The van der Waals surface area contributed by atoms with Gasteiger partial charge in [0.15, 0.2) is 0 Å². The van der Waals surface area contributed by atoms with Crippen molar-refractivity contribution in [2.75, 3.05) is 5.32 Å². The van der Waals surface area contributed by atoms with Crippen LogP contribution in [0.15, 0.2) is 36.4 Å². The summed E-state index contributed by atoms with van der Waals surface area (Å²) in [7, 11) is 0. The Hall–Kier alpha value is -1.80. The van der Waals surface area contributed by atoms with E-state index in [0.29, 0.717) is 11.4 Å². The van der Waals surface area contributed by atoms with Crippen LogP contribution in [-0.2, 0) is 4.79 Å². The molecule has 2 aromatic rings. The van der Waals surface area contributed by atoms with Gasteiger partial charge in [-0.05, 0) is 48.2 Å². The van der Waals surface area contributed by atoms with Crippen molar-refractivity contribution in [2.24, 2.45) is 0 Å². The van der Waals surface area contributed by atoms with E-state index in [-0.39, 0.29) is 11.8 Å². The number of hydrogen-bond acceptors (Lipinski definition) is 1. The molecule has 1 unspecified atom stereocenters. The van der Waals surface area contributed by atoms with Crippen molar-refractivity contribution in [1.82, 2.24) is 0 Å². The molecule has 2 nitrogen and oxygen atoms in total. The summed E-state index contributed by atoms with van der Waals surface area (Å²) in [6, 6.07) is 12.0. The molecule has 1 heterocycles. The van der Waals surface area contributed by atoms with Crippen molar-refractivity contribution in [3.05, 3.63) is 63.7 Å². The normalized spacial score (nSPS) is 17.6. The summed E-state index contributed by atoms with van der Waals surface area (Å²) in [5, 5.41) is 3.73. The molecule has 1 atom stereocenters. The summed E-state index contributed by atoms with van der Waals surface area (Å²) in [4.78, 5) is 12.0. The average molecular weight is 286 g/mol. The van der Waals surface area contributed by atoms with Crippen LogP contribution in [0.5, 0.6) is 0 Å². The van der Waals surface area contributed by atoms with Crippen LogP contribution >= 0.6 is 11.6 Å². The smallest absolute Gasteiger partial charge is 0.225 e. The second-order valence-corrected chi connectivity index (χ2v) is 5.76. The maximum absolute atomic E-state index is 12.0. The molecule has 0 fully saturated rings. The molecular formula is C17H16ClNO. The molecule has 2 aromatic carbocycles. The summed E-state index contributed by atoms with van der Waals surface area (Å²) in [6.45, 7) is 4.12. The second kappa shape index (κ2) is 4.95. The van der Waals surface area contributed by atoms with Gasteiger partial charge in [-0.25, -0.2) is 0 Å². The van der Waals surface area contributed by atoms with Gasteiger partial charge in [0.25, 0.3) is 0 Å². The first-order valence-corrected chi connectivity index (χ1v) is 7.09. The van der Waals surface area contributed by atoms with Crippen molar-refractivity contribution in [1.29, 1.82) is 0 Å². The van der Waals surface area contributed by atoms with Crippen molar-refractivity contribution in [3.63, 3.8) is 0 Å². The van der Waals surface area contributed by atoms with Gasteiger partial charge in [0.2, 0.25) is 5.91 Å². The van der Waals surface area contributed by atoms with Gasteiger partial charge in [-0.3, -0.25) is 4.79 Å². The first-order valence-electron chi connectivity index (χ1n) is 6.71. The maximum Gasteiger partial charge on any atom is 0.225 e. The minimum atomic E-state index is 0.0751. The number of fused-ring (bicyclic) bond motifs is 1. The molecule has 20 heavy (non-hydrogen) atoms. The molecule has 1 aliphatic heterocycles. The van der Waals surface area contributed by atoms with E-state index in [9.17, 15) is 4.79 Å². The molecule has 0 bridgehead atoms. The largest absolute Gasteiger partial charge is 0.326 e. The van der Waals surface area contributed by atoms with E-state index < -0.39 is 0 Å². The predicted octanol–water partition coefficient (Wildman–Crippen LogP) is 4.43. The quantitative estimate of drug-likeness (QED) is 0.825. The van der Waals surface area contributed by atoms with Gasteiger partial charge in [-0.1, -0.05) is 35.9 Å². The molecule has 0 radical (unpaired) electrons. The third-order valence-corrected chi connectivity index (χ3v) is 4.32. The summed E-state index contributed by atoms with van der Waals surface area (Å²) >= 11 is 5.95. The van der Waals surface area contributed by atoms with Crippen LogP contribution in [0.1, 0.15) is 34.6 Å². The van der Waals surface area contributed by atoms with E-state index >= 15 is 0 Å². The van der Waals surface area contributed by atoms with Crippen LogP contribution in [0, 0.1) is 13.8 Å². The topological polar surface area (TPSA) is 29.1 Å². The van der Waals surface area contributed by atoms with Crippen LogP contribution in [-0.4, -0.2) is 5.91 Å². The Morgan fingerprint density at radius 3 is 2.50 bits per heavy atom. The molecule has 1 N–H and O–H groups in total. The van der Waals surface area contributed by atoms with Crippen molar-refractivity contribution in [2.45, 2.75) is 26.2 Å². The highest BCUT2D eigenvalue weighted by Crippen LogP contribution is 2.39. The standard InChI is InChI=1S/C17H16ClNO/c1-10-3-8-14-15(12-4-6-13(18)7-5-12)9-16(20)19-17(14)11(10)2/h3-8,15H,9H2,1-2H3,(H,19,20). The van der Waals surface area contributed by atoms with Gasteiger partial charge in [-0.15, -0.1) is 0 Å². The number of carbonyl (C=O) groups excluding carboxylic acids is 1. The zero-order chi connectivity index (χ0) is 14.3. The Kier molecular flexibility index (Phi) is 3.27. The van der Waals surface area contributed by atoms with Crippen LogP contribution in [0.25, 0.3) is 0 Å². The molecule has 0 aromatic heterocycles. The minimum Gasteiger partial charge on any atom is -0.326 e. The van der Waals surface area contributed by atoms with E-state index in [2.05, 4.69) is 31.3 Å². The SMILES string of the molecule is Cc1ccc2c(c1C)NC(=O)CC2c1ccc(Cl)cc1. The van der Waals surface area contributed by atoms with Gasteiger partial charge in [-0.2, -0.15) is 0 Å². The lowest BCUT2D eigenvalue weighted by Gasteiger charge is -2.28. The van der Waals surface area contributed by atoms with Crippen molar-refractivity contribution >= 4 is 23.2 Å². The number of nitrogens with one attached hydrogen (secondary N) is 1. The lowest BCUT2D eigenvalue weighted by molar-refractivity contribution is -0.116. The van der Waals surface area contributed by atoms with Crippen LogP contribution < -0.4 is 5.32 Å². The molecule has 0 aliphatic carbocycles. The number of hydrogen-bond donors (Lipinski definition) is 1. The molecule has 0 saturated carbocycles. The fourth-order valence-corrected chi connectivity index (χ4v) is 2.90. The van der Waals surface area contributed by atoms with Crippen LogP contribution in [0.3, 0.4) is 0 Å². The second-order valence-electron chi connectivity index (χ2n) is 5.33. The fourth-order valence-electron chi connectivity index (χ4n) is 2.77. The highest BCUT2D eigenvalue weighted by molar-refractivity contribution is 6.30. The van der Waals surface area contributed by atoms with E-state index in [0.717, 1.165) is 16.8 Å². The summed E-state index contributed by atoms with van der Waals surface area (Å²) < 4.78 is 0. The van der Waals surface area contributed by atoms with E-state index in [1.807, 2.05) is 24.3 Å². The Morgan fingerprint density at radius 1 is 1.10 bits per heavy atom. The molecule has 1 aliphatic rings. The van der Waals surface area contributed by atoms with Crippen LogP contribution in [0.2, 0.25) is 5.02 Å². The predicted molar refractivity (Wildman–Crippen MR) is 82.5 cm³/mol. The minimum absolute atomic E-state index is 0.0751. The maximum atomic E-state index is 12.0. The Balaban J connectivity index is 2.13. The molecule has 1 amide bonds. The van der Waals surface area contributed by atoms with E-state index in [4.69, 9.17) is 11.6 Å². The van der Waals surface area contributed by atoms with Crippen molar-refractivity contribution in [3.8, 4) is 0 Å². The Labute approximate surface area is 123 Å². The number of anilines is 1. The fraction of sp³-hybridized carbons (Fsp3) is 0.235. The number of amides is 1. The number of rotatable bonds is 1. The third-order valence-electron chi connectivity index (χ3n) is 4.07. The van der Waals surface area contributed by atoms with Gasteiger partial charge in [0.1, 0.15) is 0 Å². The summed E-state index contributed by atoms with van der Waals surface area (Å²) in [5.74, 6) is 0.182. The summed E-state index contributed by atoms with van der Waals surface area (Å²) in [6.07, 6.45) is 0.483.